The highest BCUT2D eigenvalue weighted by atomic mass is 16.6. The van der Waals surface area contributed by atoms with E-state index in [0.29, 0.717) is 13.0 Å². The fraction of sp³-hybridized carbons (Fsp3) is 0.826. The molecule has 0 aromatic carbocycles. The lowest BCUT2D eigenvalue weighted by molar-refractivity contribution is -0.170. The van der Waals surface area contributed by atoms with Crippen molar-refractivity contribution in [2.24, 2.45) is 5.92 Å². The second-order valence-electron chi connectivity index (χ2n) is 7.53. The molecule has 0 spiro atoms. The highest BCUT2D eigenvalue weighted by molar-refractivity contribution is 5.79. The van der Waals surface area contributed by atoms with Gasteiger partial charge in [0, 0.05) is 12.3 Å². The molecule has 1 atom stereocenters. The molecule has 0 fully saturated rings. The Hall–Kier alpha value is -1.32. The van der Waals surface area contributed by atoms with Gasteiger partial charge < -0.3 is 9.47 Å². The molecule has 0 aromatic heterocycles. The molecule has 0 rings (SSSR count). The van der Waals surface area contributed by atoms with Crippen molar-refractivity contribution in [1.29, 1.82) is 0 Å². The number of hydrogen-bond donors (Lipinski definition) is 0. The molecule has 4 heteroatoms. The Labute approximate surface area is 167 Å². The number of unbranched alkanes of at least 4 members (excludes halogenated alkanes) is 9. The summed E-state index contributed by atoms with van der Waals surface area (Å²) in [7, 11) is 0. The molecule has 1 unspecified atom stereocenters. The van der Waals surface area contributed by atoms with Crippen molar-refractivity contribution < 1.29 is 19.1 Å². The van der Waals surface area contributed by atoms with E-state index < -0.39 is 12.1 Å². The summed E-state index contributed by atoms with van der Waals surface area (Å²) >= 11 is 0. The van der Waals surface area contributed by atoms with Crippen molar-refractivity contribution in [3.63, 3.8) is 0 Å². The molecule has 0 saturated heterocycles. The summed E-state index contributed by atoms with van der Waals surface area (Å²) in [6, 6.07) is 0. The fourth-order valence-corrected chi connectivity index (χ4v) is 2.87. The Morgan fingerprint density at radius 1 is 0.815 bits per heavy atom. The number of ether oxygens (including phenoxy) is 2. The van der Waals surface area contributed by atoms with E-state index in [1.807, 2.05) is 13.8 Å². The van der Waals surface area contributed by atoms with Crippen LogP contribution in [0.15, 0.2) is 12.2 Å². The minimum Gasteiger partial charge on any atom is -0.463 e. The first kappa shape index (κ1) is 25.7. The third-order valence-corrected chi connectivity index (χ3v) is 4.53. The standard InChI is InChI=1S/C23H42O4/c1-5-7-8-9-10-11-12-13-14-15-16-17-18-19-21(24)27-22(20(3)4)23(25)26-6-2/h11-12,20,22H,5-10,13-19H2,1-4H3/b12-11+. The molecule has 0 N–H and O–H groups in total. The molecule has 4 nitrogen and oxygen atoms in total. The maximum atomic E-state index is 11.9. The summed E-state index contributed by atoms with van der Waals surface area (Å²) in [5, 5.41) is 0. The van der Waals surface area contributed by atoms with Gasteiger partial charge in [0.25, 0.3) is 0 Å². The van der Waals surface area contributed by atoms with E-state index in [4.69, 9.17) is 9.47 Å². The Bertz CT molecular complexity index is 401. The molecule has 0 aromatic rings. The van der Waals surface area contributed by atoms with Crippen LogP contribution in [-0.2, 0) is 19.1 Å². The molecule has 27 heavy (non-hydrogen) atoms. The fourth-order valence-electron chi connectivity index (χ4n) is 2.87. The maximum absolute atomic E-state index is 11.9. The molecule has 0 aliphatic rings. The number of hydrogen-bond acceptors (Lipinski definition) is 4. The van der Waals surface area contributed by atoms with Crippen molar-refractivity contribution in [3.05, 3.63) is 12.2 Å². The van der Waals surface area contributed by atoms with Gasteiger partial charge in [0.1, 0.15) is 0 Å². The zero-order valence-electron chi connectivity index (χ0n) is 18.1. The smallest absolute Gasteiger partial charge is 0.347 e. The van der Waals surface area contributed by atoms with Crippen LogP contribution in [0.25, 0.3) is 0 Å². The van der Waals surface area contributed by atoms with Crippen LogP contribution in [0, 0.1) is 5.92 Å². The zero-order valence-corrected chi connectivity index (χ0v) is 18.1. The van der Waals surface area contributed by atoms with E-state index in [9.17, 15) is 9.59 Å². The molecular weight excluding hydrogens is 340 g/mol. The molecule has 0 saturated carbocycles. The second kappa shape index (κ2) is 18.1. The average molecular weight is 383 g/mol. The van der Waals surface area contributed by atoms with Gasteiger partial charge in [0.2, 0.25) is 6.10 Å². The molecule has 0 amide bonds. The molecule has 0 bridgehead atoms. The normalized spacial score (nSPS) is 12.5. The van der Waals surface area contributed by atoms with Gasteiger partial charge in [-0.1, -0.05) is 71.4 Å². The van der Waals surface area contributed by atoms with E-state index in [-0.39, 0.29) is 11.9 Å². The molecular formula is C23H42O4. The number of carbonyl (C=O) groups excluding carboxylic acids is 2. The number of allylic oxidation sites excluding steroid dienone is 2. The largest absolute Gasteiger partial charge is 0.463 e. The maximum Gasteiger partial charge on any atom is 0.347 e. The first-order valence-electron chi connectivity index (χ1n) is 11.0. The van der Waals surface area contributed by atoms with Gasteiger partial charge in [-0.15, -0.1) is 0 Å². The quantitative estimate of drug-likeness (QED) is 0.166. The Morgan fingerprint density at radius 2 is 1.37 bits per heavy atom. The Balaban J connectivity index is 3.64. The van der Waals surface area contributed by atoms with Crippen LogP contribution in [0.1, 0.15) is 105 Å². The minimum absolute atomic E-state index is 0.0762. The third kappa shape index (κ3) is 15.4. The summed E-state index contributed by atoms with van der Waals surface area (Å²) < 4.78 is 10.3. The van der Waals surface area contributed by atoms with Crippen molar-refractivity contribution in [3.8, 4) is 0 Å². The summed E-state index contributed by atoms with van der Waals surface area (Å²) in [6.07, 6.45) is 17.3. The van der Waals surface area contributed by atoms with E-state index in [1.54, 1.807) is 6.92 Å². The van der Waals surface area contributed by atoms with Crippen LogP contribution in [-0.4, -0.2) is 24.6 Å². The van der Waals surface area contributed by atoms with Gasteiger partial charge in [0.05, 0.1) is 6.61 Å². The lowest BCUT2D eigenvalue weighted by atomic mass is 10.1. The lowest BCUT2D eigenvalue weighted by Gasteiger charge is -2.19. The van der Waals surface area contributed by atoms with Crippen LogP contribution < -0.4 is 0 Å². The highest BCUT2D eigenvalue weighted by Gasteiger charge is 2.27. The van der Waals surface area contributed by atoms with E-state index >= 15 is 0 Å². The first-order valence-corrected chi connectivity index (χ1v) is 11.0. The van der Waals surface area contributed by atoms with E-state index in [1.165, 1.54) is 44.9 Å². The number of carbonyl (C=O) groups is 2. The van der Waals surface area contributed by atoms with Crippen LogP contribution >= 0.6 is 0 Å². The molecule has 0 aliphatic carbocycles. The highest BCUT2D eigenvalue weighted by Crippen LogP contribution is 2.13. The minimum atomic E-state index is -0.786. The van der Waals surface area contributed by atoms with Gasteiger partial charge in [-0.05, 0) is 39.0 Å². The topological polar surface area (TPSA) is 52.6 Å². The van der Waals surface area contributed by atoms with Crippen molar-refractivity contribution >= 4 is 11.9 Å². The molecule has 0 heterocycles. The number of rotatable bonds is 17. The molecule has 0 radical (unpaired) electrons. The van der Waals surface area contributed by atoms with E-state index in [0.717, 1.165) is 25.7 Å². The van der Waals surface area contributed by atoms with Crippen molar-refractivity contribution in [2.75, 3.05) is 6.61 Å². The van der Waals surface area contributed by atoms with Crippen molar-refractivity contribution in [1.82, 2.24) is 0 Å². The number of esters is 2. The summed E-state index contributed by atoms with van der Waals surface area (Å²) in [5.74, 6) is -0.820. The summed E-state index contributed by atoms with van der Waals surface area (Å²) in [4.78, 5) is 23.7. The zero-order chi connectivity index (χ0) is 20.3. The monoisotopic (exact) mass is 382 g/mol. The third-order valence-electron chi connectivity index (χ3n) is 4.53. The molecule has 0 aliphatic heterocycles. The first-order chi connectivity index (χ1) is 13.0. The van der Waals surface area contributed by atoms with E-state index in [2.05, 4.69) is 19.1 Å². The Kier molecular flexibility index (Phi) is 17.2. The average Bonchev–Trinajstić information content (AvgIpc) is 2.63. The van der Waals surface area contributed by atoms with Crippen LogP contribution in [0.5, 0.6) is 0 Å². The lowest BCUT2D eigenvalue weighted by Crippen LogP contribution is -2.33. The summed E-state index contributed by atoms with van der Waals surface area (Å²) in [6.45, 7) is 8.00. The predicted octanol–water partition coefficient (Wildman–Crippen LogP) is 6.37. The van der Waals surface area contributed by atoms with Gasteiger partial charge in [-0.3, -0.25) is 4.79 Å². The SMILES string of the molecule is CCCCCC/C=C/CCCCCCCC(=O)OC(C(=O)OCC)C(C)C. The second-order valence-corrected chi connectivity index (χ2v) is 7.53. The van der Waals surface area contributed by atoms with Gasteiger partial charge in [0.15, 0.2) is 0 Å². The van der Waals surface area contributed by atoms with Gasteiger partial charge in [-0.25, -0.2) is 4.79 Å². The molecule has 158 valence electrons. The van der Waals surface area contributed by atoms with Gasteiger partial charge in [-0.2, -0.15) is 0 Å². The van der Waals surface area contributed by atoms with Crippen LogP contribution in [0.4, 0.5) is 0 Å². The van der Waals surface area contributed by atoms with Gasteiger partial charge >= 0.3 is 11.9 Å². The van der Waals surface area contributed by atoms with Crippen LogP contribution in [0.2, 0.25) is 0 Å². The summed E-state index contributed by atoms with van der Waals surface area (Å²) in [5.41, 5.74) is 0. The van der Waals surface area contributed by atoms with Crippen molar-refractivity contribution in [2.45, 2.75) is 111 Å². The predicted molar refractivity (Wildman–Crippen MR) is 112 cm³/mol. The Morgan fingerprint density at radius 3 is 1.93 bits per heavy atom. The van der Waals surface area contributed by atoms with Crippen LogP contribution in [0.3, 0.4) is 0 Å².